The molecule has 0 fully saturated rings. The Morgan fingerprint density at radius 2 is 2.12 bits per heavy atom. The van der Waals surface area contributed by atoms with E-state index in [-0.39, 0.29) is 5.37 Å². The molecule has 0 aromatic heterocycles. The molecule has 0 heterocycles. The Morgan fingerprint density at radius 3 is 2.25 bits per heavy atom. The summed E-state index contributed by atoms with van der Waals surface area (Å²) in [6.07, 6.45) is 0. The molecule has 1 atom stereocenters. The van der Waals surface area contributed by atoms with E-state index < -0.39 is 0 Å². The fourth-order valence-corrected chi connectivity index (χ4v) is 1.04. The predicted molar refractivity (Wildman–Crippen MR) is 40.7 cm³/mol. The van der Waals surface area contributed by atoms with E-state index in [1.54, 1.807) is 11.8 Å². The van der Waals surface area contributed by atoms with Crippen molar-refractivity contribution in [2.24, 2.45) is 5.73 Å². The summed E-state index contributed by atoms with van der Waals surface area (Å²) in [6, 6.07) is 0. The highest BCUT2D eigenvalue weighted by Gasteiger charge is 2.05. The van der Waals surface area contributed by atoms with Gasteiger partial charge in [0.1, 0.15) is 0 Å². The van der Waals surface area contributed by atoms with Crippen molar-refractivity contribution in [3.63, 3.8) is 0 Å². The third kappa shape index (κ3) is 3.33. The highest BCUT2D eigenvalue weighted by Crippen LogP contribution is 2.14. The van der Waals surface area contributed by atoms with Crippen molar-refractivity contribution in [3.05, 3.63) is 5.92 Å². The van der Waals surface area contributed by atoms with Crippen LogP contribution < -0.4 is 5.73 Å². The first-order valence-corrected chi connectivity index (χ1v) is 3.90. The summed E-state index contributed by atoms with van der Waals surface area (Å²) < 4.78 is 0. The number of rotatable bonds is 3. The van der Waals surface area contributed by atoms with Crippen molar-refractivity contribution in [2.75, 3.05) is 5.75 Å². The zero-order chi connectivity index (χ0) is 6.57. The molecule has 0 rings (SSSR count). The summed E-state index contributed by atoms with van der Waals surface area (Å²) in [6.45, 7) is 6.24. The van der Waals surface area contributed by atoms with E-state index in [2.05, 4.69) is 20.8 Å². The molecule has 0 saturated heterocycles. The third-order valence-corrected chi connectivity index (χ3v) is 2.08. The normalized spacial score (nSPS) is 14.6. The molecule has 1 nitrogen and oxygen atoms in total. The van der Waals surface area contributed by atoms with Crippen LogP contribution in [0.5, 0.6) is 0 Å². The monoisotopic (exact) mass is 132 g/mol. The summed E-state index contributed by atoms with van der Waals surface area (Å²) in [5, 5.41) is 0.250. The summed E-state index contributed by atoms with van der Waals surface area (Å²) in [5.41, 5.74) is 5.65. The topological polar surface area (TPSA) is 26.0 Å². The minimum atomic E-state index is 0.250. The Bertz CT molecular complexity index is 54.5. The van der Waals surface area contributed by atoms with E-state index in [1.807, 2.05) is 0 Å². The summed E-state index contributed by atoms with van der Waals surface area (Å²) >= 11 is 1.78. The molecule has 0 aromatic rings. The van der Waals surface area contributed by atoms with Crippen LogP contribution in [0.2, 0.25) is 0 Å². The van der Waals surface area contributed by atoms with E-state index in [0.29, 0.717) is 0 Å². The lowest BCUT2D eigenvalue weighted by Gasteiger charge is -2.11. The molecule has 0 bridgehead atoms. The van der Waals surface area contributed by atoms with Crippen LogP contribution in [-0.2, 0) is 0 Å². The SMILES string of the molecule is CCSC(N)[C](C)C. The van der Waals surface area contributed by atoms with Crippen molar-refractivity contribution in [3.8, 4) is 0 Å². The van der Waals surface area contributed by atoms with Gasteiger partial charge in [-0.05, 0) is 11.7 Å². The van der Waals surface area contributed by atoms with Crippen LogP contribution in [0.25, 0.3) is 0 Å². The van der Waals surface area contributed by atoms with Gasteiger partial charge in [-0.1, -0.05) is 20.8 Å². The van der Waals surface area contributed by atoms with Gasteiger partial charge in [-0.3, -0.25) is 0 Å². The molecule has 0 amide bonds. The van der Waals surface area contributed by atoms with E-state index >= 15 is 0 Å². The second-order valence-electron chi connectivity index (χ2n) is 1.95. The van der Waals surface area contributed by atoms with Gasteiger partial charge in [0.05, 0.1) is 5.37 Å². The van der Waals surface area contributed by atoms with Gasteiger partial charge in [-0.15, -0.1) is 11.8 Å². The first-order chi connectivity index (χ1) is 3.68. The first-order valence-electron chi connectivity index (χ1n) is 2.85. The van der Waals surface area contributed by atoms with Crippen molar-refractivity contribution in [1.29, 1.82) is 0 Å². The standard InChI is InChI=1S/C6H14NS/c1-4-8-6(7)5(2)3/h6H,4,7H2,1-3H3. The molecule has 1 radical (unpaired) electrons. The maximum absolute atomic E-state index is 5.65. The molecular weight excluding hydrogens is 118 g/mol. The van der Waals surface area contributed by atoms with Gasteiger partial charge in [0.2, 0.25) is 0 Å². The van der Waals surface area contributed by atoms with Gasteiger partial charge in [0.25, 0.3) is 0 Å². The van der Waals surface area contributed by atoms with Crippen LogP contribution in [0, 0.1) is 5.92 Å². The quantitative estimate of drug-likeness (QED) is 0.591. The molecular formula is C6H14NS. The summed E-state index contributed by atoms with van der Waals surface area (Å²) in [4.78, 5) is 0. The second-order valence-corrected chi connectivity index (χ2v) is 3.37. The van der Waals surface area contributed by atoms with E-state index in [0.717, 1.165) is 5.75 Å². The molecule has 1 unspecified atom stereocenters. The smallest absolute Gasteiger partial charge is 0.0564 e. The molecule has 49 valence electrons. The predicted octanol–water partition coefficient (Wildman–Crippen LogP) is 1.64. The lowest BCUT2D eigenvalue weighted by molar-refractivity contribution is 0.905. The van der Waals surface area contributed by atoms with Crippen molar-refractivity contribution < 1.29 is 0 Å². The fraction of sp³-hybridized carbons (Fsp3) is 0.833. The van der Waals surface area contributed by atoms with Gasteiger partial charge in [-0.2, -0.15) is 0 Å². The molecule has 8 heavy (non-hydrogen) atoms. The second kappa shape index (κ2) is 4.21. The maximum Gasteiger partial charge on any atom is 0.0564 e. The summed E-state index contributed by atoms with van der Waals surface area (Å²) in [7, 11) is 0. The Kier molecular flexibility index (Phi) is 4.38. The summed E-state index contributed by atoms with van der Waals surface area (Å²) in [5.74, 6) is 2.41. The van der Waals surface area contributed by atoms with Gasteiger partial charge < -0.3 is 5.73 Å². The lowest BCUT2D eigenvalue weighted by atomic mass is 10.2. The van der Waals surface area contributed by atoms with Crippen molar-refractivity contribution in [2.45, 2.75) is 26.1 Å². The van der Waals surface area contributed by atoms with Gasteiger partial charge in [-0.25, -0.2) is 0 Å². The Hall–Kier alpha value is 0.310. The minimum Gasteiger partial charge on any atom is -0.319 e. The van der Waals surface area contributed by atoms with Crippen molar-refractivity contribution >= 4 is 11.8 Å². The molecule has 2 N–H and O–H groups in total. The van der Waals surface area contributed by atoms with Gasteiger partial charge >= 0.3 is 0 Å². The van der Waals surface area contributed by atoms with Gasteiger partial charge in [0.15, 0.2) is 0 Å². The van der Waals surface area contributed by atoms with E-state index in [1.165, 1.54) is 5.92 Å². The number of hydrogen-bond donors (Lipinski definition) is 1. The molecule has 2 heteroatoms. The minimum absolute atomic E-state index is 0.250. The van der Waals surface area contributed by atoms with Crippen LogP contribution in [0.1, 0.15) is 20.8 Å². The number of thioether (sulfide) groups is 1. The largest absolute Gasteiger partial charge is 0.319 e. The average molecular weight is 132 g/mol. The zero-order valence-electron chi connectivity index (χ0n) is 5.77. The van der Waals surface area contributed by atoms with Crippen LogP contribution >= 0.6 is 11.8 Å². The molecule has 0 aliphatic rings. The number of hydrogen-bond acceptors (Lipinski definition) is 2. The van der Waals surface area contributed by atoms with Gasteiger partial charge in [0, 0.05) is 0 Å². The van der Waals surface area contributed by atoms with Crippen LogP contribution in [-0.4, -0.2) is 11.1 Å². The Labute approximate surface area is 56.0 Å². The van der Waals surface area contributed by atoms with Crippen molar-refractivity contribution in [1.82, 2.24) is 0 Å². The molecule has 0 aliphatic heterocycles. The zero-order valence-corrected chi connectivity index (χ0v) is 6.59. The van der Waals surface area contributed by atoms with Crippen LogP contribution in [0.15, 0.2) is 0 Å². The van der Waals surface area contributed by atoms with E-state index in [4.69, 9.17) is 5.73 Å². The van der Waals surface area contributed by atoms with Crippen LogP contribution in [0.4, 0.5) is 0 Å². The number of nitrogens with two attached hydrogens (primary N) is 1. The Balaban J connectivity index is 3.17. The van der Waals surface area contributed by atoms with Crippen LogP contribution in [0.3, 0.4) is 0 Å². The average Bonchev–Trinajstić information content (AvgIpc) is 1.67. The molecule has 0 aromatic carbocycles. The molecule has 0 saturated carbocycles. The highest BCUT2D eigenvalue weighted by molar-refractivity contribution is 7.99. The third-order valence-electron chi connectivity index (χ3n) is 0.915. The highest BCUT2D eigenvalue weighted by atomic mass is 32.2. The fourth-order valence-electron chi connectivity index (χ4n) is 0.346. The maximum atomic E-state index is 5.65. The molecule has 0 aliphatic carbocycles. The lowest BCUT2D eigenvalue weighted by Crippen LogP contribution is -2.20. The molecule has 0 spiro atoms. The first kappa shape index (κ1) is 8.31. The van der Waals surface area contributed by atoms with E-state index in [9.17, 15) is 0 Å². The Morgan fingerprint density at radius 1 is 1.62 bits per heavy atom.